The molecule has 0 bridgehead atoms. The molecule has 3 rings (SSSR count). The summed E-state index contributed by atoms with van der Waals surface area (Å²) in [4.78, 5) is 13.6. The molecule has 0 aromatic carbocycles. The molecule has 0 aromatic rings. The summed E-state index contributed by atoms with van der Waals surface area (Å²) in [5.41, 5.74) is -0.587. The average molecular weight is 507 g/mol. The molecule has 0 saturated heterocycles. The van der Waals surface area contributed by atoms with E-state index in [0.29, 0.717) is 24.9 Å². The molecule has 0 radical (unpaired) electrons. The molecule has 0 aliphatic heterocycles. The summed E-state index contributed by atoms with van der Waals surface area (Å²) in [6.07, 6.45) is 11.4. The van der Waals surface area contributed by atoms with Gasteiger partial charge in [-0.3, -0.25) is 4.79 Å². The Morgan fingerprint density at radius 2 is 1.81 bits per heavy atom. The van der Waals surface area contributed by atoms with Gasteiger partial charge in [-0.05, 0) is 113 Å². The highest BCUT2D eigenvalue weighted by molar-refractivity contribution is 5.77. The third-order valence-electron chi connectivity index (χ3n) is 11.0. The molecule has 3 aliphatic rings. The molecule has 4 nitrogen and oxygen atoms in total. The SMILES string of the molecule is CCC(C)(CC(O)COC(=O)C1(C)CCCC2(C)C3CCC(C(C)C)CC3CCC12)OCCC(C)C. The largest absolute Gasteiger partial charge is 0.463 e. The van der Waals surface area contributed by atoms with Gasteiger partial charge < -0.3 is 14.6 Å². The van der Waals surface area contributed by atoms with Crippen LogP contribution in [0.4, 0.5) is 0 Å². The molecule has 210 valence electrons. The van der Waals surface area contributed by atoms with Crippen molar-refractivity contribution in [2.24, 2.45) is 46.3 Å². The standard InChI is InChI=1S/C32H58O4/c1-9-30(6,36-18-15-22(2)3)20-26(33)21-35-29(34)32(8)17-10-16-31(7)27-13-11-24(23(4)5)19-25(27)12-14-28(31)32/h22-28,33H,9-21H2,1-8H3. The van der Waals surface area contributed by atoms with Crippen LogP contribution >= 0.6 is 0 Å². The zero-order valence-electron chi connectivity index (χ0n) is 24.9. The highest BCUT2D eigenvalue weighted by atomic mass is 16.5. The van der Waals surface area contributed by atoms with E-state index in [1.165, 1.54) is 32.1 Å². The van der Waals surface area contributed by atoms with Gasteiger partial charge in [0, 0.05) is 13.0 Å². The molecular formula is C32H58O4. The summed E-state index contributed by atoms with van der Waals surface area (Å²) >= 11 is 0. The number of rotatable bonds is 11. The molecule has 3 saturated carbocycles. The van der Waals surface area contributed by atoms with Crippen LogP contribution in [0.15, 0.2) is 0 Å². The van der Waals surface area contributed by atoms with E-state index in [9.17, 15) is 9.90 Å². The van der Waals surface area contributed by atoms with Crippen LogP contribution in [0.5, 0.6) is 0 Å². The number of hydrogen-bond acceptors (Lipinski definition) is 4. The van der Waals surface area contributed by atoms with E-state index in [-0.39, 0.29) is 23.6 Å². The molecule has 3 fully saturated rings. The fraction of sp³-hybridized carbons (Fsp3) is 0.969. The van der Waals surface area contributed by atoms with E-state index < -0.39 is 11.5 Å². The van der Waals surface area contributed by atoms with Crippen LogP contribution in [0.1, 0.15) is 126 Å². The smallest absolute Gasteiger partial charge is 0.312 e. The number of carbonyl (C=O) groups excluding carboxylic acids is 1. The van der Waals surface area contributed by atoms with E-state index in [1.807, 2.05) is 0 Å². The first-order chi connectivity index (χ1) is 16.8. The molecule has 0 amide bonds. The second kappa shape index (κ2) is 12.1. The van der Waals surface area contributed by atoms with Gasteiger partial charge in [-0.1, -0.05) is 48.0 Å². The van der Waals surface area contributed by atoms with Gasteiger partial charge >= 0.3 is 5.97 Å². The van der Waals surface area contributed by atoms with Crippen molar-refractivity contribution in [1.82, 2.24) is 0 Å². The fourth-order valence-electron chi connectivity index (χ4n) is 8.46. The maximum atomic E-state index is 13.6. The first kappa shape index (κ1) is 29.9. The maximum Gasteiger partial charge on any atom is 0.312 e. The van der Waals surface area contributed by atoms with Gasteiger partial charge in [-0.15, -0.1) is 0 Å². The lowest BCUT2D eigenvalue weighted by Crippen LogP contribution is -2.56. The van der Waals surface area contributed by atoms with Crippen molar-refractivity contribution < 1.29 is 19.4 Å². The second-order valence-corrected chi connectivity index (χ2v) is 14.4. The Morgan fingerprint density at radius 1 is 1.08 bits per heavy atom. The van der Waals surface area contributed by atoms with Gasteiger partial charge in [0.1, 0.15) is 6.61 Å². The topological polar surface area (TPSA) is 55.8 Å². The molecule has 8 atom stereocenters. The van der Waals surface area contributed by atoms with Crippen LogP contribution in [0.2, 0.25) is 0 Å². The Morgan fingerprint density at radius 3 is 2.44 bits per heavy atom. The van der Waals surface area contributed by atoms with Crippen molar-refractivity contribution in [3.05, 3.63) is 0 Å². The normalized spacial score (nSPS) is 37.2. The van der Waals surface area contributed by atoms with Crippen LogP contribution in [0.3, 0.4) is 0 Å². The van der Waals surface area contributed by atoms with Crippen LogP contribution in [0, 0.1) is 46.3 Å². The number of aliphatic hydroxyl groups excluding tert-OH is 1. The monoisotopic (exact) mass is 506 g/mol. The van der Waals surface area contributed by atoms with E-state index in [1.54, 1.807) is 0 Å². The number of carbonyl (C=O) groups is 1. The highest BCUT2D eigenvalue weighted by Crippen LogP contribution is 2.64. The quantitative estimate of drug-likeness (QED) is 0.290. The number of fused-ring (bicyclic) bond motifs is 3. The first-order valence-corrected chi connectivity index (χ1v) is 15.3. The summed E-state index contributed by atoms with van der Waals surface area (Å²) in [6, 6.07) is 0. The second-order valence-electron chi connectivity index (χ2n) is 14.4. The predicted molar refractivity (Wildman–Crippen MR) is 148 cm³/mol. The van der Waals surface area contributed by atoms with Gasteiger partial charge in [0.2, 0.25) is 0 Å². The molecule has 0 spiro atoms. The zero-order chi connectivity index (χ0) is 26.7. The molecular weight excluding hydrogens is 448 g/mol. The number of aliphatic hydroxyl groups is 1. The molecule has 36 heavy (non-hydrogen) atoms. The van der Waals surface area contributed by atoms with Crippen LogP contribution in [-0.2, 0) is 14.3 Å². The predicted octanol–water partition coefficient (Wildman–Crippen LogP) is 7.81. The van der Waals surface area contributed by atoms with Crippen molar-refractivity contribution in [1.29, 1.82) is 0 Å². The summed E-state index contributed by atoms with van der Waals surface area (Å²) in [7, 11) is 0. The molecule has 1 N–H and O–H groups in total. The van der Waals surface area contributed by atoms with Gasteiger partial charge in [0.15, 0.2) is 0 Å². The minimum absolute atomic E-state index is 0.0725. The molecule has 8 unspecified atom stereocenters. The highest BCUT2D eigenvalue weighted by Gasteiger charge is 2.59. The van der Waals surface area contributed by atoms with E-state index >= 15 is 0 Å². The Hall–Kier alpha value is -0.610. The Balaban J connectivity index is 1.60. The summed E-state index contributed by atoms with van der Waals surface area (Å²) in [5, 5.41) is 10.8. The van der Waals surface area contributed by atoms with Crippen molar-refractivity contribution in [2.45, 2.75) is 138 Å². The summed E-state index contributed by atoms with van der Waals surface area (Å²) < 4.78 is 12.1. The number of ether oxygens (including phenoxy) is 2. The van der Waals surface area contributed by atoms with Gasteiger partial charge in [0.25, 0.3) is 0 Å². The lowest BCUT2D eigenvalue weighted by Gasteiger charge is -2.61. The van der Waals surface area contributed by atoms with E-state index in [4.69, 9.17) is 9.47 Å². The van der Waals surface area contributed by atoms with E-state index in [2.05, 4.69) is 55.4 Å². The Bertz CT molecular complexity index is 719. The zero-order valence-corrected chi connectivity index (χ0v) is 24.9. The van der Waals surface area contributed by atoms with Crippen molar-refractivity contribution >= 4 is 5.97 Å². The summed E-state index contributed by atoms with van der Waals surface area (Å²) in [5.74, 6) is 4.14. The minimum atomic E-state index is -0.696. The molecule has 3 aliphatic carbocycles. The van der Waals surface area contributed by atoms with Crippen LogP contribution in [0.25, 0.3) is 0 Å². The lowest BCUT2D eigenvalue weighted by molar-refractivity contribution is -0.182. The molecule has 0 aromatic heterocycles. The maximum absolute atomic E-state index is 13.6. The molecule has 4 heteroatoms. The van der Waals surface area contributed by atoms with Crippen LogP contribution < -0.4 is 0 Å². The first-order valence-electron chi connectivity index (χ1n) is 15.3. The van der Waals surface area contributed by atoms with Crippen molar-refractivity contribution in [2.75, 3.05) is 13.2 Å². The van der Waals surface area contributed by atoms with Crippen LogP contribution in [-0.4, -0.2) is 36.0 Å². The fourth-order valence-corrected chi connectivity index (χ4v) is 8.46. The van der Waals surface area contributed by atoms with Crippen molar-refractivity contribution in [3.8, 4) is 0 Å². The van der Waals surface area contributed by atoms with Gasteiger partial charge in [-0.2, -0.15) is 0 Å². The van der Waals surface area contributed by atoms with Gasteiger partial charge in [0.05, 0.1) is 17.1 Å². The Labute approximate surface area is 222 Å². The average Bonchev–Trinajstić information content (AvgIpc) is 2.81. The van der Waals surface area contributed by atoms with E-state index in [0.717, 1.165) is 55.8 Å². The van der Waals surface area contributed by atoms with Crippen molar-refractivity contribution in [3.63, 3.8) is 0 Å². The van der Waals surface area contributed by atoms with Gasteiger partial charge in [-0.25, -0.2) is 0 Å². The minimum Gasteiger partial charge on any atom is -0.463 e. The summed E-state index contributed by atoms with van der Waals surface area (Å²) in [6.45, 7) is 18.8. The number of esters is 1. The third kappa shape index (κ3) is 6.50. The number of hydrogen-bond donors (Lipinski definition) is 1. The molecule has 0 heterocycles. The lowest BCUT2D eigenvalue weighted by atomic mass is 9.43. The Kier molecular flexibility index (Phi) is 10.0. The third-order valence-corrected chi connectivity index (χ3v) is 11.0.